The quantitative estimate of drug-likeness (QED) is 0.248. The summed E-state index contributed by atoms with van der Waals surface area (Å²) in [7, 11) is 0. The number of nitrogens with zero attached hydrogens (tertiary/aromatic N) is 2. The van der Waals surface area contributed by atoms with Crippen molar-refractivity contribution in [1.82, 2.24) is 9.55 Å². The Morgan fingerprint density at radius 3 is 2.90 bits per heavy atom. The number of aromatic nitrogens is 2. The first-order valence-electron chi connectivity index (χ1n) is 9.52. The smallest absolute Gasteiger partial charge is 0.267 e. The number of nitrogens with two attached hydrogens (primary N) is 1. The largest absolute Gasteiger partial charge is 0.398 e. The summed E-state index contributed by atoms with van der Waals surface area (Å²) in [5.41, 5.74) is 8.12. The number of amides is 1. The normalized spacial score (nSPS) is 12.6. The van der Waals surface area contributed by atoms with Crippen LogP contribution in [0.3, 0.4) is 0 Å². The van der Waals surface area contributed by atoms with E-state index in [1.54, 1.807) is 23.5 Å². The van der Waals surface area contributed by atoms with Crippen molar-refractivity contribution in [1.29, 1.82) is 5.41 Å². The van der Waals surface area contributed by atoms with Crippen molar-refractivity contribution < 1.29 is 4.79 Å². The van der Waals surface area contributed by atoms with Crippen LogP contribution in [0.2, 0.25) is 0 Å². The molecule has 0 radical (unpaired) electrons. The Morgan fingerprint density at radius 1 is 1.26 bits per heavy atom. The topological polar surface area (TPSA) is 114 Å². The molecule has 2 aromatic carbocycles. The van der Waals surface area contributed by atoms with Gasteiger partial charge in [-0.25, -0.2) is 4.98 Å². The molecule has 0 atom stereocenters. The Kier molecular flexibility index (Phi) is 4.84. The highest BCUT2D eigenvalue weighted by atomic mass is 32.2. The summed E-state index contributed by atoms with van der Waals surface area (Å²) in [4.78, 5) is 30.7. The van der Waals surface area contributed by atoms with Crippen molar-refractivity contribution in [3.63, 3.8) is 0 Å². The molecular formula is C22H17N5O2S2. The molecule has 0 aliphatic carbocycles. The average molecular weight is 448 g/mol. The van der Waals surface area contributed by atoms with Crippen molar-refractivity contribution >= 4 is 56.7 Å². The fourth-order valence-corrected chi connectivity index (χ4v) is 5.56. The SMILES string of the molecule is N=Cc1cc(NC(=O)c2cnc3n(c2=O)CCS3)cc(-c2cc3ccccc3s2)c1N. The number of rotatable bonds is 4. The van der Waals surface area contributed by atoms with Gasteiger partial charge in [0.05, 0.1) is 0 Å². The molecule has 5 rings (SSSR count). The number of nitrogen functional groups attached to an aromatic ring is 1. The van der Waals surface area contributed by atoms with Crippen LogP contribution in [0.15, 0.2) is 58.6 Å². The highest BCUT2D eigenvalue weighted by Crippen LogP contribution is 2.39. The molecule has 2 aromatic heterocycles. The van der Waals surface area contributed by atoms with Crippen LogP contribution in [0, 0.1) is 5.41 Å². The summed E-state index contributed by atoms with van der Waals surface area (Å²) in [6.45, 7) is 0.545. The van der Waals surface area contributed by atoms with Gasteiger partial charge in [-0.3, -0.25) is 14.2 Å². The molecule has 3 heterocycles. The van der Waals surface area contributed by atoms with Crippen LogP contribution in [0.4, 0.5) is 11.4 Å². The predicted octanol–water partition coefficient (Wildman–Crippen LogP) is 4.06. The van der Waals surface area contributed by atoms with Gasteiger partial charge in [-0.2, -0.15) is 0 Å². The molecule has 154 valence electrons. The lowest BCUT2D eigenvalue weighted by Gasteiger charge is -2.12. The number of hydrogen-bond donors (Lipinski definition) is 3. The molecule has 4 N–H and O–H groups in total. The van der Waals surface area contributed by atoms with Crippen LogP contribution >= 0.6 is 23.1 Å². The first kappa shape index (κ1) is 19.5. The Hall–Kier alpha value is -3.43. The molecule has 1 aliphatic rings. The molecule has 31 heavy (non-hydrogen) atoms. The molecule has 4 aromatic rings. The summed E-state index contributed by atoms with van der Waals surface area (Å²) in [5, 5.41) is 12.2. The maximum absolute atomic E-state index is 12.9. The van der Waals surface area contributed by atoms with Gasteiger partial charge in [0.1, 0.15) is 5.56 Å². The molecule has 0 saturated carbocycles. The average Bonchev–Trinajstić information content (AvgIpc) is 3.42. The van der Waals surface area contributed by atoms with Gasteiger partial charge >= 0.3 is 0 Å². The Bertz CT molecular complexity index is 1390. The van der Waals surface area contributed by atoms with Crippen LogP contribution in [0.1, 0.15) is 15.9 Å². The Morgan fingerprint density at radius 2 is 2.10 bits per heavy atom. The first-order chi connectivity index (χ1) is 15.0. The molecule has 0 fully saturated rings. The van der Waals surface area contributed by atoms with E-state index < -0.39 is 5.91 Å². The molecular weight excluding hydrogens is 430 g/mol. The van der Waals surface area contributed by atoms with E-state index in [0.717, 1.165) is 32.5 Å². The van der Waals surface area contributed by atoms with Gasteiger partial charge in [-0.05, 0) is 29.7 Å². The zero-order valence-corrected chi connectivity index (χ0v) is 17.8. The van der Waals surface area contributed by atoms with Gasteiger partial charge in [0.25, 0.3) is 11.5 Å². The van der Waals surface area contributed by atoms with Crippen LogP contribution in [0.25, 0.3) is 20.5 Å². The lowest BCUT2D eigenvalue weighted by atomic mass is 10.0. The van der Waals surface area contributed by atoms with Crippen molar-refractivity contribution in [2.45, 2.75) is 11.7 Å². The van der Waals surface area contributed by atoms with Crippen molar-refractivity contribution in [3.05, 3.63) is 70.1 Å². The minimum absolute atomic E-state index is 0.0112. The van der Waals surface area contributed by atoms with Gasteiger partial charge in [0.2, 0.25) is 0 Å². The zero-order valence-electron chi connectivity index (χ0n) is 16.2. The molecule has 1 aliphatic heterocycles. The second kappa shape index (κ2) is 7.68. The molecule has 0 bridgehead atoms. The maximum atomic E-state index is 12.9. The van der Waals surface area contributed by atoms with Crippen molar-refractivity contribution in [2.24, 2.45) is 0 Å². The third-order valence-corrected chi connectivity index (χ3v) is 7.24. The molecule has 9 heteroatoms. The zero-order chi connectivity index (χ0) is 21.5. The maximum Gasteiger partial charge on any atom is 0.267 e. The van der Waals surface area contributed by atoms with Crippen LogP contribution < -0.4 is 16.6 Å². The number of anilines is 2. The number of thiophene rings is 1. The predicted molar refractivity (Wildman–Crippen MR) is 127 cm³/mol. The second-order valence-electron chi connectivity index (χ2n) is 7.03. The summed E-state index contributed by atoms with van der Waals surface area (Å²) in [6, 6.07) is 13.5. The molecule has 0 unspecified atom stereocenters. The molecule has 0 spiro atoms. The highest BCUT2D eigenvalue weighted by Gasteiger charge is 2.21. The number of carbonyl (C=O) groups excluding carboxylic acids is 1. The third-order valence-electron chi connectivity index (χ3n) is 5.12. The number of nitrogens with one attached hydrogen (secondary N) is 2. The third kappa shape index (κ3) is 3.41. The molecule has 1 amide bonds. The van der Waals surface area contributed by atoms with E-state index in [-0.39, 0.29) is 11.1 Å². The van der Waals surface area contributed by atoms with E-state index in [9.17, 15) is 9.59 Å². The lowest BCUT2D eigenvalue weighted by molar-refractivity contribution is 0.102. The summed E-state index contributed by atoms with van der Waals surface area (Å²) in [6.07, 6.45) is 2.48. The van der Waals surface area contributed by atoms with E-state index in [1.165, 1.54) is 22.5 Å². The standard InChI is InChI=1S/C22H17N5O2S2/c23-10-13-7-14(26-20(28)16-11-25-22-27(21(16)29)5-6-30-22)9-15(19(13)24)18-8-12-3-1-2-4-17(12)31-18/h1-4,7-11,23H,5-6,24H2,(H,26,28). The Labute approximate surface area is 185 Å². The second-order valence-corrected chi connectivity index (χ2v) is 9.18. The Balaban J connectivity index is 1.54. The fourth-order valence-electron chi connectivity index (χ4n) is 3.56. The number of carbonyl (C=O) groups is 1. The number of thioether (sulfide) groups is 1. The summed E-state index contributed by atoms with van der Waals surface area (Å²) < 4.78 is 2.65. The van der Waals surface area contributed by atoms with Gasteiger partial charge in [-0.15, -0.1) is 11.3 Å². The summed E-state index contributed by atoms with van der Waals surface area (Å²) >= 11 is 3.09. The lowest BCUT2D eigenvalue weighted by Crippen LogP contribution is -2.29. The monoisotopic (exact) mass is 447 g/mol. The first-order valence-corrected chi connectivity index (χ1v) is 11.3. The van der Waals surface area contributed by atoms with Gasteiger partial charge in [0, 0.05) is 56.8 Å². The van der Waals surface area contributed by atoms with Crippen LogP contribution in [0.5, 0.6) is 0 Å². The van der Waals surface area contributed by atoms with E-state index in [0.29, 0.717) is 28.6 Å². The molecule has 7 nitrogen and oxygen atoms in total. The van der Waals surface area contributed by atoms with E-state index in [2.05, 4.69) is 10.3 Å². The van der Waals surface area contributed by atoms with E-state index in [1.807, 2.05) is 30.3 Å². The number of hydrogen-bond acceptors (Lipinski definition) is 7. The van der Waals surface area contributed by atoms with Crippen LogP contribution in [-0.4, -0.2) is 27.4 Å². The highest BCUT2D eigenvalue weighted by molar-refractivity contribution is 7.99. The van der Waals surface area contributed by atoms with Crippen molar-refractivity contribution in [2.75, 3.05) is 16.8 Å². The fraction of sp³-hybridized carbons (Fsp3) is 0.0909. The van der Waals surface area contributed by atoms with Gasteiger partial charge in [0.15, 0.2) is 5.16 Å². The van der Waals surface area contributed by atoms with Crippen molar-refractivity contribution in [3.8, 4) is 10.4 Å². The number of fused-ring (bicyclic) bond motifs is 2. The van der Waals surface area contributed by atoms with Crippen LogP contribution in [-0.2, 0) is 6.54 Å². The molecule has 0 saturated heterocycles. The number of benzene rings is 2. The minimum Gasteiger partial charge on any atom is -0.398 e. The van der Waals surface area contributed by atoms with E-state index >= 15 is 0 Å². The minimum atomic E-state index is -0.535. The van der Waals surface area contributed by atoms with Gasteiger partial charge in [-0.1, -0.05) is 30.0 Å². The van der Waals surface area contributed by atoms with Gasteiger partial charge < -0.3 is 16.5 Å². The van der Waals surface area contributed by atoms with E-state index in [4.69, 9.17) is 11.1 Å². The summed E-state index contributed by atoms with van der Waals surface area (Å²) in [5.74, 6) is 0.236.